The van der Waals surface area contributed by atoms with E-state index in [1.807, 2.05) is 0 Å². The van der Waals surface area contributed by atoms with Gasteiger partial charge >= 0.3 is 0 Å². The van der Waals surface area contributed by atoms with Crippen molar-refractivity contribution < 1.29 is 54.3 Å². The number of methoxy groups -OCH3 is 2. The zero-order valence-corrected chi connectivity index (χ0v) is 18.6. The van der Waals surface area contributed by atoms with Crippen molar-refractivity contribution in [3.63, 3.8) is 0 Å². The van der Waals surface area contributed by atoms with Crippen LogP contribution >= 0.6 is 0 Å². The van der Waals surface area contributed by atoms with Crippen LogP contribution in [0.5, 0.6) is 28.7 Å². The van der Waals surface area contributed by atoms with Crippen molar-refractivity contribution in [2.75, 3.05) is 27.4 Å². The maximum atomic E-state index is 11.0. The van der Waals surface area contributed by atoms with Crippen molar-refractivity contribution in [2.24, 2.45) is 0 Å². The van der Waals surface area contributed by atoms with Crippen molar-refractivity contribution in [3.8, 4) is 28.7 Å². The van der Waals surface area contributed by atoms with Crippen LogP contribution in [0.4, 0.5) is 0 Å². The fourth-order valence-corrected chi connectivity index (χ4v) is 4.23. The third-order valence-electron chi connectivity index (χ3n) is 6.15. The van der Waals surface area contributed by atoms with Crippen LogP contribution in [0.3, 0.4) is 0 Å². The largest absolute Gasteiger partial charge is 0.504 e. The third-order valence-corrected chi connectivity index (χ3v) is 6.15. The quantitative estimate of drug-likeness (QED) is 0.324. The van der Waals surface area contributed by atoms with Crippen LogP contribution in [-0.2, 0) is 4.74 Å². The summed E-state index contributed by atoms with van der Waals surface area (Å²) in [5, 5.41) is 61.0. The molecular formula is C23H28O11. The summed E-state index contributed by atoms with van der Waals surface area (Å²) in [5.74, 6) is 0.296. The average molecular weight is 480 g/mol. The zero-order valence-electron chi connectivity index (χ0n) is 18.6. The highest BCUT2D eigenvalue weighted by atomic mass is 16.7. The summed E-state index contributed by atoms with van der Waals surface area (Å²) in [6, 6.07) is 7.85. The van der Waals surface area contributed by atoms with Crippen molar-refractivity contribution >= 4 is 0 Å². The summed E-state index contributed by atoms with van der Waals surface area (Å²) in [7, 11) is 2.86. The molecule has 0 amide bonds. The first kappa shape index (κ1) is 24.3. The van der Waals surface area contributed by atoms with Crippen molar-refractivity contribution in [1.29, 1.82) is 0 Å². The van der Waals surface area contributed by atoms with Crippen molar-refractivity contribution in [3.05, 3.63) is 41.5 Å². The molecule has 186 valence electrons. The number of hydrogen-bond donors (Lipinski definition) is 6. The fourth-order valence-electron chi connectivity index (χ4n) is 4.23. The highest BCUT2D eigenvalue weighted by Crippen LogP contribution is 2.48. The monoisotopic (exact) mass is 480 g/mol. The van der Waals surface area contributed by atoms with E-state index < -0.39 is 49.3 Å². The molecule has 0 bridgehead atoms. The molecule has 6 N–H and O–H groups in total. The lowest BCUT2D eigenvalue weighted by Crippen LogP contribution is -2.60. The number of fused-ring (bicyclic) bond motifs is 1. The molecule has 2 aliphatic rings. The molecule has 0 radical (unpaired) electrons. The second-order valence-electron chi connectivity index (χ2n) is 8.12. The van der Waals surface area contributed by atoms with Gasteiger partial charge in [-0.15, -0.1) is 0 Å². The second kappa shape index (κ2) is 9.82. The Morgan fingerprint density at radius 2 is 1.68 bits per heavy atom. The number of aliphatic hydroxyl groups is 5. The van der Waals surface area contributed by atoms with Gasteiger partial charge in [0.25, 0.3) is 0 Å². The number of phenols is 1. The molecule has 2 heterocycles. The van der Waals surface area contributed by atoms with E-state index in [0.717, 1.165) is 0 Å². The summed E-state index contributed by atoms with van der Waals surface area (Å²) >= 11 is 0. The molecule has 1 fully saturated rings. The van der Waals surface area contributed by atoms with Gasteiger partial charge in [-0.25, -0.2) is 0 Å². The molecule has 0 spiro atoms. The minimum Gasteiger partial charge on any atom is -0.504 e. The van der Waals surface area contributed by atoms with Crippen LogP contribution < -0.4 is 18.9 Å². The predicted molar refractivity (Wildman–Crippen MR) is 115 cm³/mol. The van der Waals surface area contributed by atoms with E-state index in [-0.39, 0.29) is 23.9 Å². The Morgan fingerprint density at radius 3 is 2.35 bits per heavy atom. The van der Waals surface area contributed by atoms with Gasteiger partial charge < -0.3 is 54.3 Å². The van der Waals surface area contributed by atoms with Crippen molar-refractivity contribution in [1.82, 2.24) is 0 Å². The van der Waals surface area contributed by atoms with Gasteiger partial charge in [0.2, 0.25) is 12.0 Å². The highest BCUT2D eigenvalue weighted by Gasteiger charge is 2.45. The maximum absolute atomic E-state index is 11.0. The zero-order chi connectivity index (χ0) is 24.6. The molecule has 11 heteroatoms. The summed E-state index contributed by atoms with van der Waals surface area (Å²) in [4.78, 5) is 0. The highest BCUT2D eigenvalue weighted by molar-refractivity contribution is 5.57. The molecule has 0 aromatic heterocycles. The number of rotatable bonds is 6. The standard InChI is InChI=1S/C23H28O11/c1-30-14-6-5-11(18(26)22(14)31-2)13-9-32-15-7-10(3-4-12(15)17(13)25)33-23-21(29)20(28)19(27)16(8-24)34-23/h3-7,13,16-17,19-21,23-29H,8-9H2,1-2H3. The molecular weight excluding hydrogens is 452 g/mol. The summed E-state index contributed by atoms with van der Waals surface area (Å²) < 4.78 is 27.2. The Kier molecular flexibility index (Phi) is 7.03. The summed E-state index contributed by atoms with van der Waals surface area (Å²) in [6.45, 7) is -0.532. The first-order chi connectivity index (χ1) is 16.3. The van der Waals surface area contributed by atoms with Crippen LogP contribution in [0.25, 0.3) is 0 Å². The molecule has 11 nitrogen and oxygen atoms in total. The van der Waals surface area contributed by atoms with Gasteiger partial charge in [0, 0.05) is 17.2 Å². The van der Waals surface area contributed by atoms with E-state index in [9.17, 15) is 30.6 Å². The number of ether oxygens (including phenoxy) is 5. The molecule has 1 saturated heterocycles. The van der Waals surface area contributed by atoms with Gasteiger partial charge in [0.1, 0.15) is 35.9 Å². The third kappa shape index (κ3) is 4.22. The summed E-state index contributed by atoms with van der Waals surface area (Å²) in [6.07, 6.45) is -8.09. The lowest BCUT2D eigenvalue weighted by Gasteiger charge is -2.39. The van der Waals surface area contributed by atoms with Gasteiger partial charge in [-0.3, -0.25) is 0 Å². The Bertz CT molecular complexity index is 1010. The minimum atomic E-state index is -1.57. The van der Waals surface area contributed by atoms with E-state index in [1.54, 1.807) is 18.2 Å². The first-order valence-corrected chi connectivity index (χ1v) is 10.7. The normalized spacial score (nSPS) is 30.7. The van der Waals surface area contributed by atoms with Gasteiger partial charge in [-0.05, 0) is 18.2 Å². The van der Waals surface area contributed by atoms with E-state index in [0.29, 0.717) is 22.6 Å². The van der Waals surface area contributed by atoms with Gasteiger partial charge in [-0.1, -0.05) is 6.07 Å². The Labute approximate surface area is 195 Å². The minimum absolute atomic E-state index is 0.0424. The van der Waals surface area contributed by atoms with Crippen LogP contribution in [0, 0.1) is 0 Å². The molecule has 4 rings (SSSR count). The Balaban J connectivity index is 1.54. The van der Waals surface area contributed by atoms with E-state index in [2.05, 4.69) is 0 Å². The summed E-state index contributed by atoms with van der Waals surface area (Å²) in [5.41, 5.74) is 0.879. The number of aromatic hydroxyl groups is 1. The SMILES string of the molecule is COc1ccc(C2COc3cc(OC4OC(CO)C(O)C(O)C4O)ccc3C2O)c(O)c1OC. The van der Waals surface area contributed by atoms with E-state index >= 15 is 0 Å². The number of aliphatic hydroxyl groups excluding tert-OH is 5. The second-order valence-corrected chi connectivity index (χ2v) is 8.12. The lowest BCUT2D eigenvalue weighted by molar-refractivity contribution is -0.277. The van der Waals surface area contributed by atoms with Gasteiger partial charge in [0.05, 0.1) is 39.5 Å². The molecule has 2 aromatic carbocycles. The molecule has 7 unspecified atom stereocenters. The maximum Gasteiger partial charge on any atom is 0.229 e. The Morgan fingerprint density at radius 1 is 0.941 bits per heavy atom. The first-order valence-electron chi connectivity index (χ1n) is 10.7. The van der Waals surface area contributed by atoms with Gasteiger partial charge in [0.15, 0.2) is 11.5 Å². The van der Waals surface area contributed by atoms with Crippen LogP contribution in [-0.4, -0.2) is 88.8 Å². The fraction of sp³-hybridized carbons (Fsp3) is 0.478. The van der Waals surface area contributed by atoms with E-state index in [4.69, 9.17) is 23.7 Å². The predicted octanol–water partition coefficient (Wildman–Crippen LogP) is -0.202. The molecule has 0 saturated carbocycles. The van der Waals surface area contributed by atoms with E-state index in [1.165, 1.54) is 26.4 Å². The molecule has 2 aromatic rings. The molecule has 2 aliphatic heterocycles. The average Bonchev–Trinajstić information content (AvgIpc) is 2.84. The topological polar surface area (TPSA) is 168 Å². The van der Waals surface area contributed by atoms with Crippen LogP contribution in [0.2, 0.25) is 0 Å². The lowest BCUT2D eigenvalue weighted by atomic mass is 9.86. The molecule has 7 atom stereocenters. The Hall–Kier alpha value is -2.80. The molecule has 34 heavy (non-hydrogen) atoms. The van der Waals surface area contributed by atoms with Crippen LogP contribution in [0.1, 0.15) is 23.1 Å². The van der Waals surface area contributed by atoms with Gasteiger partial charge in [-0.2, -0.15) is 0 Å². The van der Waals surface area contributed by atoms with Crippen LogP contribution in [0.15, 0.2) is 30.3 Å². The smallest absolute Gasteiger partial charge is 0.229 e. The van der Waals surface area contributed by atoms with Crippen molar-refractivity contribution in [2.45, 2.75) is 42.7 Å². The number of phenolic OH excluding ortho intramolecular Hbond substituents is 1. The molecule has 0 aliphatic carbocycles. The number of hydrogen-bond acceptors (Lipinski definition) is 11. The number of benzene rings is 2.